The third-order valence-corrected chi connectivity index (χ3v) is 11.4. The Morgan fingerprint density at radius 3 is 1.52 bits per heavy atom. The number of rotatable bonds is 4. The quantitative estimate of drug-likeness (QED) is 0.247. The minimum absolute atomic E-state index is 0.0526. The van der Waals surface area contributed by atoms with Gasteiger partial charge < -0.3 is 29.1 Å². The van der Waals surface area contributed by atoms with Gasteiger partial charge in [-0.2, -0.15) is 20.7 Å². The van der Waals surface area contributed by atoms with E-state index >= 15 is 8.78 Å². The lowest BCUT2D eigenvalue weighted by atomic mass is 9.93. The number of carbonyl (C=O) groups is 2. The molecule has 4 atom stereocenters. The summed E-state index contributed by atoms with van der Waals surface area (Å²) in [5.74, 6) is 0.0181. The fourth-order valence-electron chi connectivity index (χ4n) is 8.32. The molecule has 0 aromatic carbocycles. The van der Waals surface area contributed by atoms with Crippen LogP contribution < -0.4 is 19.3 Å². The average Bonchev–Trinajstić information content (AvgIpc) is 3.87. The second kappa shape index (κ2) is 17.2. The van der Waals surface area contributed by atoms with Crippen molar-refractivity contribution in [3.05, 3.63) is 84.5 Å². The first-order valence-corrected chi connectivity index (χ1v) is 19.9. The van der Waals surface area contributed by atoms with E-state index in [1.165, 1.54) is 25.0 Å². The van der Waals surface area contributed by atoms with E-state index in [0.717, 1.165) is 0 Å². The summed E-state index contributed by atoms with van der Waals surface area (Å²) >= 11 is 0. The van der Waals surface area contributed by atoms with Gasteiger partial charge in [-0.05, 0) is 12.8 Å². The van der Waals surface area contributed by atoms with E-state index in [4.69, 9.17) is 9.47 Å². The van der Waals surface area contributed by atoms with Crippen molar-refractivity contribution in [2.75, 3.05) is 62.3 Å². The van der Waals surface area contributed by atoms with E-state index in [2.05, 4.69) is 52.2 Å². The lowest BCUT2D eigenvalue weighted by Crippen LogP contribution is -2.49. The highest BCUT2D eigenvalue weighted by atomic mass is 19.1. The van der Waals surface area contributed by atoms with Crippen LogP contribution in [0.25, 0.3) is 11.3 Å². The molecule has 0 aliphatic carbocycles. The summed E-state index contributed by atoms with van der Waals surface area (Å²) in [7, 11) is 0. The van der Waals surface area contributed by atoms with Crippen LogP contribution in [0.5, 0.6) is 11.5 Å². The SMILES string of the molecule is N#Cc1cncc2c1OCCN(C(=O)[C@@H]1CCN(c3nccn4ncnc34)C[C@H]1F)C2.N#Cc1cncc2c1OCCN(C(=O)[C@H]1CCN(c3nccn4ncnc34)C[C@@H]1F)C2. The molecule has 6 aromatic rings. The van der Waals surface area contributed by atoms with Gasteiger partial charge >= 0.3 is 0 Å². The fraction of sp³-hybridized carbons (Fsp3) is 0.400. The summed E-state index contributed by atoms with van der Waals surface area (Å²) in [4.78, 5) is 58.4. The first-order chi connectivity index (χ1) is 30.3. The zero-order valence-corrected chi connectivity index (χ0v) is 33.1. The smallest absolute Gasteiger partial charge is 0.229 e. The zero-order valence-electron chi connectivity index (χ0n) is 33.1. The van der Waals surface area contributed by atoms with Crippen molar-refractivity contribution < 1.29 is 27.8 Å². The van der Waals surface area contributed by atoms with Gasteiger partial charge in [0, 0.05) is 73.8 Å². The predicted molar refractivity (Wildman–Crippen MR) is 212 cm³/mol. The minimum atomic E-state index is -1.35. The molecule has 0 saturated carbocycles. The molecular formula is C40H38F2N16O4. The van der Waals surface area contributed by atoms with E-state index in [0.29, 0.717) is 95.7 Å². The highest BCUT2D eigenvalue weighted by molar-refractivity contribution is 5.81. The van der Waals surface area contributed by atoms with Crippen LogP contribution in [0.3, 0.4) is 0 Å². The van der Waals surface area contributed by atoms with Crippen LogP contribution in [-0.2, 0) is 22.7 Å². The van der Waals surface area contributed by atoms with Gasteiger partial charge in [0.15, 0.2) is 22.9 Å². The molecule has 0 N–H and O–H groups in total. The summed E-state index contributed by atoms with van der Waals surface area (Å²) in [6, 6.07) is 4.11. The molecule has 0 spiro atoms. The number of carbonyl (C=O) groups excluding carboxylic acids is 2. The average molecular weight is 845 g/mol. The standard InChI is InChI=1S/2C20H19FN8O2/c2*21-16-11-27(18-19-25-12-26-29(19)4-2-24-18)3-1-15(16)20(30)28-5-6-31-17-13(7-22)8-23-9-14(17)10-28/h2*2,4,8-9,12,15-16H,1,3,5-6,10-11H2/t2*15-,16-/m10/s1. The summed E-state index contributed by atoms with van der Waals surface area (Å²) in [5.41, 5.74) is 3.08. The molecule has 2 saturated heterocycles. The molecule has 0 radical (unpaired) electrons. The van der Waals surface area contributed by atoms with Crippen LogP contribution in [-0.4, -0.2) is 136 Å². The monoisotopic (exact) mass is 844 g/mol. The molecule has 10 rings (SSSR count). The number of nitrogens with zero attached hydrogens (tertiary/aromatic N) is 16. The van der Waals surface area contributed by atoms with Crippen molar-refractivity contribution in [1.29, 1.82) is 10.5 Å². The van der Waals surface area contributed by atoms with E-state index in [1.54, 1.807) is 56.0 Å². The van der Waals surface area contributed by atoms with Gasteiger partial charge in [0.05, 0.1) is 51.1 Å². The molecule has 2 fully saturated rings. The number of hydrogen-bond donors (Lipinski definition) is 0. The van der Waals surface area contributed by atoms with Gasteiger partial charge in [0.25, 0.3) is 0 Å². The summed E-state index contributed by atoms with van der Waals surface area (Å²) in [5, 5.41) is 26.7. The lowest BCUT2D eigenvalue weighted by molar-refractivity contribution is -0.140. The van der Waals surface area contributed by atoms with E-state index < -0.39 is 24.2 Å². The molecule has 2 amide bonds. The summed E-state index contributed by atoms with van der Waals surface area (Å²) in [6.07, 6.45) is 13.5. The third-order valence-electron chi connectivity index (χ3n) is 11.4. The van der Waals surface area contributed by atoms with Crippen LogP contribution in [0.2, 0.25) is 0 Å². The van der Waals surface area contributed by atoms with E-state index in [9.17, 15) is 20.1 Å². The number of halogens is 2. The lowest BCUT2D eigenvalue weighted by Gasteiger charge is -2.36. The fourth-order valence-corrected chi connectivity index (χ4v) is 8.32. The molecule has 4 aliphatic rings. The number of fused-ring (bicyclic) bond motifs is 4. The molecule has 0 unspecified atom stereocenters. The molecule has 22 heteroatoms. The Morgan fingerprint density at radius 2 is 1.10 bits per heavy atom. The summed E-state index contributed by atoms with van der Waals surface area (Å²) < 4.78 is 44.9. The van der Waals surface area contributed by atoms with Crippen LogP contribution >= 0.6 is 0 Å². The van der Waals surface area contributed by atoms with Crippen LogP contribution in [0.4, 0.5) is 20.4 Å². The zero-order chi connectivity index (χ0) is 42.7. The number of alkyl halides is 2. The van der Waals surface area contributed by atoms with Gasteiger partial charge in [0.1, 0.15) is 73.0 Å². The number of hydrogen-bond acceptors (Lipinski definition) is 16. The number of ether oxygens (including phenoxy) is 2. The number of aromatic nitrogens is 10. The molecule has 62 heavy (non-hydrogen) atoms. The highest BCUT2D eigenvalue weighted by Crippen LogP contribution is 2.33. The Hall–Kier alpha value is -7.62. The molecular weight excluding hydrogens is 807 g/mol. The Morgan fingerprint density at radius 1 is 0.645 bits per heavy atom. The number of nitriles is 2. The maximum Gasteiger partial charge on any atom is 0.229 e. The molecule has 4 aliphatic heterocycles. The Balaban J connectivity index is 0.000000158. The van der Waals surface area contributed by atoms with Gasteiger partial charge in [0.2, 0.25) is 11.8 Å². The van der Waals surface area contributed by atoms with Crippen molar-refractivity contribution in [3.8, 4) is 23.6 Å². The third kappa shape index (κ3) is 7.66. The molecule has 0 bridgehead atoms. The second-order valence-corrected chi connectivity index (χ2v) is 15.1. The molecule has 6 aromatic heterocycles. The molecule has 316 valence electrons. The Bertz CT molecular complexity index is 2530. The maximum atomic E-state index is 15.2. The second-order valence-electron chi connectivity index (χ2n) is 15.1. The highest BCUT2D eigenvalue weighted by Gasteiger charge is 2.40. The van der Waals surface area contributed by atoms with Crippen molar-refractivity contribution in [2.24, 2.45) is 11.8 Å². The van der Waals surface area contributed by atoms with Crippen molar-refractivity contribution in [1.82, 2.24) is 58.9 Å². The Kier molecular flexibility index (Phi) is 11.0. The van der Waals surface area contributed by atoms with E-state index in [1.807, 2.05) is 9.80 Å². The largest absolute Gasteiger partial charge is 0.490 e. The first kappa shape index (κ1) is 39.8. The first-order valence-electron chi connectivity index (χ1n) is 19.9. The summed E-state index contributed by atoms with van der Waals surface area (Å²) in [6.45, 7) is 2.69. The minimum Gasteiger partial charge on any atom is -0.490 e. The van der Waals surface area contributed by atoms with Crippen molar-refractivity contribution >= 4 is 34.7 Å². The van der Waals surface area contributed by atoms with Gasteiger partial charge in [-0.15, -0.1) is 0 Å². The van der Waals surface area contributed by atoms with Gasteiger partial charge in [-0.25, -0.2) is 37.7 Å². The van der Waals surface area contributed by atoms with Crippen LogP contribution in [0.15, 0.2) is 62.2 Å². The number of piperidine rings is 2. The predicted octanol–water partition coefficient (Wildman–Crippen LogP) is 1.95. The normalized spacial score (nSPS) is 21.2. The number of pyridine rings is 2. The van der Waals surface area contributed by atoms with Crippen LogP contribution in [0, 0.1) is 34.5 Å². The topological polar surface area (TPSA) is 225 Å². The Labute approximate surface area is 352 Å². The van der Waals surface area contributed by atoms with Gasteiger partial charge in [-0.1, -0.05) is 0 Å². The van der Waals surface area contributed by atoms with Gasteiger partial charge in [-0.3, -0.25) is 19.6 Å². The number of anilines is 2. The molecule has 20 nitrogen and oxygen atoms in total. The number of amides is 2. The maximum absolute atomic E-state index is 15.2. The molecule has 10 heterocycles. The van der Waals surface area contributed by atoms with Crippen molar-refractivity contribution in [2.45, 2.75) is 38.3 Å². The van der Waals surface area contributed by atoms with Crippen LogP contribution in [0.1, 0.15) is 35.1 Å². The van der Waals surface area contributed by atoms with E-state index in [-0.39, 0.29) is 51.2 Å². The van der Waals surface area contributed by atoms with Crippen molar-refractivity contribution in [3.63, 3.8) is 0 Å².